The van der Waals surface area contributed by atoms with E-state index in [1.165, 1.54) is 41.3 Å². The predicted molar refractivity (Wildman–Crippen MR) is 135 cm³/mol. The normalized spacial score (nSPS) is 20.7. The second-order valence-electron chi connectivity index (χ2n) is 9.67. The van der Waals surface area contributed by atoms with Crippen molar-refractivity contribution in [1.29, 1.82) is 0 Å². The molecule has 0 spiro atoms. The average molecular weight is 457 g/mol. The lowest BCUT2D eigenvalue weighted by Crippen LogP contribution is -2.53. The molecule has 1 saturated carbocycles. The van der Waals surface area contributed by atoms with Gasteiger partial charge in [0, 0.05) is 42.3 Å². The summed E-state index contributed by atoms with van der Waals surface area (Å²) in [5.74, 6) is -0.840. The number of benzene rings is 3. The number of anilines is 1. The molecular formula is C29H32N2O3. The number of carbonyl (C=O) groups is 2. The van der Waals surface area contributed by atoms with Gasteiger partial charge in [-0.15, -0.1) is 0 Å². The molecule has 2 fully saturated rings. The maximum absolute atomic E-state index is 12.7. The molecule has 3 aromatic rings. The summed E-state index contributed by atoms with van der Waals surface area (Å²) in [6, 6.07) is 23.7. The van der Waals surface area contributed by atoms with Crippen molar-refractivity contribution in [3.63, 3.8) is 0 Å². The summed E-state index contributed by atoms with van der Waals surface area (Å²) >= 11 is 0. The van der Waals surface area contributed by atoms with Gasteiger partial charge in [0.1, 0.15) is 0 Å². The van der Waals surface area contributed by atoms with Crippen LogP contribution in [0.5, 0.6) is 0 Å². The minimum absolute atomic E-state index is 0.0707. The quantitative estimate of drug-likeness (QED) is 0.528. The molecule has 5 rings (SSSR count). The van der Waals surface area contributed by atoms with Crippen LogP contribution in [0.25, 0.3) is 10.8 Å². The molecule has 5 heteroatoms. The molecule has 0 aromatic heterocycles. The van der Waals surface area contributed by atoms with Gasteiger partial charge >= 0.3 is 5.97 Å². The molecular weight excluding hydrogens is 424 g/mol. The summed E-state index contributed by atoms with van der Waals surface area (Å²) in [4.78, 5) is 27.9. The Kier molecular flexibility index (Phi) is 6.27. The molecule has 1 amide bonds. The van der Waals surface area contributed by atoms with Crippen molar-refractivity contribution in [2.45, 2.75) is 44.6 Å². The molecule has 1 aliphatic carbocycles. The van der Waals surface area contributed by atoms with E-state index in [2.05, 4.69) is 66.4 Å². The second-order valence-corrected chi connectivity index (χ2v) is 9.67. The Morgan fingerprint density at radius 3 is 2.44 bits per heavy atom. The highest BCUT2D eigenvalue weighted by Crippen LogP contribution is 2.38. The predicted octanol–water partition coefficient (Wildman–Crippen LogP) is 5.55. The first-order valence-electron chi connectivity index (χ1n) is 12.4. The van der Waals surface area contributed by atoms with E-state index in [1.54, 1.807) is 4.90 Å². The Hall–Kier alpha value is -3.34. The van der Waals surface area contributed by atoms with E-state index in [9.17, 15) is 9.59 Å². The van der Waals surface area contributed by atoms with Crippen molar-refractivity contribution in [2.24, 2.45) is 5.92 Å². The van der Waals surface area contributed by atoms with Gasteiger partial charge in [0.15, 0.2) is 0 Å². The van der Waals surface area contributed by atoms with Gasteiger partial charge in [-0.25, -0.2) is 0 Å². The number of carboxylic acid groups (broad SMARTS) is 1. The average Bonchev–Trinajstić information content (AvgIpc) is 2.84. The number of rotatable bonds is 6. The van der Waals surface area contributed by atoms with Crippen LogP contribution >= 0.6 is 0 Å². The van der Waals surface area contributed by atoms with Crippen LogP contribution in [0.15, 0.2) is 66.7 Å². The fourth-order valence-electron chi connectivity index (χ4n) is 5.71. The standard InChI is InChI=1S/C29H32N2O3/c1-2-31(27-12-6-8-21-7-3-4-11-26(21)27)25-10-5-9-23(17-25)20-13-15-22(16-14-20)28(32)30-18-24(19-30)29(33)34/h3-4,6-8,11-16,23-25H,2,5,9-10,17-19H2,1H3,(H,33,34). The van der Waals surface area contributed by atoms with Crippen LogP contribution in [0, 0.1) is 5.92 Å². The molecule has 1 heterocycles. The third kappa shape index (κ3) is 4.27. The van der Waals surface area contributed by atoms with Crippen LogP contribution in [0.4, 0.5) is 5.69 Å². The molecule has 1 saturated heterocycles. The molecule has 176 valence electrons. The number of aliphatic carboxylic acids is 1. The Balaban J connectivity index is 1.29. The lowest BCUT2D eigenvalue weighted by atomic mass is 9.80. The molecule has 1 N–H and O–H groups in total. The number of fused-ring (bicyclic) bond motifs is 1. The van der Waals surface area contributed by atoms with Crippen molar-refractivity contribution >= 4 is 28.3 Å². The highest BCUT2D eigenvalue weighted by atomic mass is 16.4. The highest BCUT2D eigenvalue weighted by Gasteiger charge is 2.36. The minimum atomic E-state index is -0.823. The van der Waals surface area contributed by atoms with Gasteiger partial charge in [-0.05, 0) is 61.3 Å². The van der Waals surface area contributed by atoms with Gasteiger partial charge in [0.25, 0.3) is 5.91 Å². The molecule has 1 aliphatic heterocycles. The zero-order valence-electron chi connectivity index (χ0n) is 19.7. The Bertz CT molecular complexity index is 1180. The lowest BCUT2D eigenvalue weighted by Gasteiger charge is -2.39. The van der Waals surface area contributed by atoms with Crippen LogP contribution in [0.1, 0.15) is 54.4 Å². The minimum Gasteiger partial charge on any atom is -0.481 e. The number of nitrogens with zero attached hydrogens (tertiary/aromatic N) is 2. The highest BCUT2D eigenvalue weighted by molar-refractivity contribution is 5.96. The van der Waals surface area contributed by atoms with Gasteiger partial charge < -0.3 is 14.9 Å². The maximum atomic E-state index is 12.7. The number of likely N-dealkylation sites (tertiary alicyclic amines) is 1. The fraction of sp³-hybridized carbons (Fsp3) is 0.379. The Morgan fingerprint density at radius 1 is 0.971 bits per heavy atom. The zero-order chi connectivity index (χ0) is 23.7. The van der Waals surface area contributed by atoms with Crippen LogP contribution in [0.3, 0.4) is 0 Å². The molecule has 3 aromatic carbocycles. The number of hydrogen-bond acceptors (Lipinski definition) is 3. The number of carboxylic acids is 1. The summed E-state index contributed by atoms with van der Waals surface area (Å²) in [5, 5.41) is 11.6. The number of carbonyl (C=O) groups excluding carboxylic acids is 1. The molecule has 5 nitrogen and oxygen atoms in total. The van der Waals surface area contributed by atoms with Gasteiger partial charge in [-0.2, -0.15) is 0 Å². The second kappa shape index (κ2) is 9.49. The third-order valence-corrected chi connectivity index (χ3v) is 7.65. The first kappa shape index (κ1) is 22.5. The van der Waals surface area contributed by atoms with Crippen molar-refractivity contribution in [3.05, 3.63) is 77.9 Å². The fourth-order valence-corrected chi connectivity index (χ4v) is 5.71. The summed E-state index contributed by atoms with van der Waals surface area (Å²) in [6.07, 6.45) is 4.67. The van der Waals surface area contributed by atoms with E-state index in [0.29, 0.717) is 30.6 Å². The van der Waals surface area contributed by atoms with E-state index in [-0.39, 0.29) is 5.91 Å². The molecule has 2 unspecified atom stereocenters. The van der Waals surface area contributed by atoms with Crippen LogP contribution < -0.4 is 4.90 Å². The van der Waals surface area contributed by atoms with Crippen molar-refractivity contribution < 1.29 is 14.7 Å². The SMILES string of the molecule is CCN(c1cccc2ccccc12)C1CCCC(c2ccc(C(=O)N3CC(C(=O)O)C3)cc2)C1. The summed E-state index contributed by atoms with van der Waals surface area (Å²) < 4.78 is 0. The molecule has 0 bridgehead atoms. The van der Waals surface area contributed by atoms with E-state index in [4.69, 9.17) is 5.11 Å². The number of hydrogen-bond donors (Lipinski definition) is 1. The van der Waals surface area contributed by atoms with E-state index >= 15 is 0 Å². The first-order chi connectivity index (χ1) is 16.5. The van der Waals surface area contributed by atoms with Gasteiger partial charge in [-0.3, -0.25) is 9.59 Å². The molecule has 2 aliphatic rings. The first-order valence-corrected chi connectivity index (χ1v) is 12.4. The van der Waals surface area contributed by atoms with Crippen molar-refractivity contribution in [1.82, 2.24) is 4.90 Å². The zero-order valence-corrected chi connectivity index (χ0v) is 19.7. The van der Waals surface area contributed by atoms with Gasteiger partial charge in [-0.1, -0.05) is 55.0 Å². The van der Waals surface area contributed by atoms with E-state index < -0.39 is 11.9 Å². The monoisotopic (exact) mass is 456 g/mol. The van der Waals surface area contributed by atoms with E-state index in [1.807, 2.05) is 12.1 Å². The van der Waals surface area contributed by atoms with Crippen molar-refractivity contribution in [3.8, 4) is 0 Å². The van der Waals surface area contributed by atoms with Crippen LogP contribution in [-0.4, -0.2) is 47.6 Å². The topological polar surface area (TPSA) is 60.9 Å². The molecule has 0 radical (unpaired) electrons. The van der Waals surface area contributed by atoms with Gasteiger partial charge in [0.05, 0.1) is 5.92 Å². The summed E-state index contributed by atoms with van der Waals surface area (Å²) in [5.41, 5.74) is 3.26. The third-order valence-electron chi connectivity index (χ3n) is 7.65. The van der Waals surface area contributed by atoms with Crippen LogP contribution in [0.2, 0.25) is 0 Å². The molecule has 34 heavy (non-hydrogen) atoms. The summed E-state index contributed by atoms with van der Waals surface area (Å²) in [7, 11) is 0. The summed E-state index contributed by atoms with van der Waals surface area (Å²) in [6.45, 7) is 3.84. The maximum Gasteiger partial charge on any atom is 0.310 e. The molecule has 2 atom stereocenters. The lowest BCUT2D eigenvalue weighted by molar-refractivity contribution is -0.146. The van der Waals surface area contributed by atoms with Crippen LogP contribution in [-0.2, 0) is 4.79 Å². The van der Waals surface area contributed by atoms with Gasteiger partial charge in [0.2, 0.25) is 0 Å². The number of amides is 1. The van der Waals surface area contributed by atoms with E-state index in [0.717, 1.165) is 13.0 Å². The Labute approximate surface area is 201 Å². The van der Waals surface area contributed by atoms with Crippen molar-refractivity contribution in [2.75, 3.05) is 24.5 Å². The Morgan fingerprint density at radius 2 is 1.71 bits per heavy atom. The largest absolute Gasteiger partial charge is 0.481 e. The smallest absolute Gasteiger partial charge is 0.310 e.